The van der Waals surface area contributed by atoms with Gasteiger partial charge >= 0.3 is 0 Å². The molecule has 2 rings (SSSR count). The van der Waals surface area contributed by atoms with Gasteiger partial charge in [-0.2, -0.15) is 0 Å². The average Bonchev–Trinajstić information content (AvgIpc) is 2.53. The molecule has 0 bridgehead atoms. The highest BCUT2D eigenvalue weighted by Crippen LogP contribution is 2.32. The minimum Gasteiger partial charge on any atom is -0.493 e. The number of sulfonamides is 1. The van der Waals surface area contributed by atoms with E-state index in [0.29, 0.717) is 23.6 Å². The summed E-state index contributed by atoms with van der Waals surface area (Å²) in [5.74, 6) is 0.912. The zero-order valence-corrected chi connectivity index (χ0v) is 13.9. The molecule has 122 valence electrons. The van der Waals surface area contributed by atoms with Gasteiger partial charge in [0, 0.05) is 19.2 Å². The molecule has 0 aliphatic carbocycles. The van der Waals surface area contributed by atoms with E-state index in [1.165, 1.54) is 20.3 Å². The second kappa shape index (κ2) is 7.13. The van der Waals surface area contributed by atoms with Crippen molar-refractivity contribution in [1.29, 1.82) is 0 Å². The van der Waals surface area contributed by atoms with Gasteiger partial charge in [0.05, 0.1) is 19.1 Å². The van der Waals surface area contributed by atoms with Gasteiger partial charge in [-0.3, -0.25) is 0 Å². The molecule has 1 heterocycles. The normalized spacial score (nSPS) is 15.3. The Bertz CT molecular complexity index is 668. The Morgan fingerprint density at radius 2 is 1.91 bits per heavy atom. The highest BCUT2D eigenvalue weighted by atomic mass is 32.2. The van der Waals surface area contributed by atoms with E-state index in [-0.39, 0.29) is 4.90 Å². The van der Waals surface area contributed by atoms with E-state index in [0.717, 1.165) is 25.1 Å². The van der Waals surface area contributed by atoms with Crippen LogP contribution >= 0.6 is 0 Å². The Kier molecular flexibility index (Phi) is 5.44. The molecule has 0 amide bonds. The molecule has 0 saturated carbocycles. The lowest BCUT2D eigenvalue weighted by atomic mass is 10.1. The molecule has 0 unspecified atom stereocenters. The summed E-state index contributed by atoms with van der Waals surface area (Å²) in [7, 11) is -0.591. The third-order valence-electron chi connectivity index (χ3n) is 3.62. The Morgan fingerprint density at radius 1 is 1.23 bits per heavy atom. The topological polar surface area (TPSA) is 76.7 Å². The van der Waals surface area contributed by atoms with Crippen LogP contribution < -0.4 is 19.5 Å². The van der Waals surface area contributed by atoms with Crippen LogP contribution in [0.3, 0.4) is 0 Å². The number of ether oxygens (including phenoxy) is 2. The van der Waals surface area contributed by atoms with Crippen molar-refractivity contribution in [3.8, 4) is 11.5 Å². The van der Waals surface area contributed by atoms with Crippen LogP contribution in [0.5, 0.6) is 11.5 Å². The third kappa shape index (κ3) is 3.79. The van der Waals surface area contributed by atoms with E-state index < -0.39 is 10.0 Å². The SMILES string of the molecule is COc1cc(C)c(S(=O)(=O)NCC2=CCNCC2)cc1OC. The van der Waals surface area contributed by atoms with Crippen molar-refractivity contribution in [2.45, 2.75) is 18.2 Å². The van der Waals surface area contributed by atoms with Crippen molar-refractivity contribution < 1.29 is 17.9 Å². The summed E-state index contributed by atoms with van der Waals surface area (Å²) in [5.41, 5.74) is 1.71. The molecule has 1 aromatic carbocycles. The molecule has 7 heteroatoms. The molecule has 6 nitrogen and oxygen atoms in total. The van der Waals surface area contributed by atoms with Crippen molar-refractivity contribution in [2.75, 3.05) is 33.9 Å². The lowest BCUT2D eigenvalue weighted by molar-refractivity contribution is 0.353. The van der Waals surface area contributed by atoms with Gasteiger partial charge in [0.15, 0.2) is 11.5 Å². The summed E-state index contributed by atoms with van der Waals surface area (Å²) in [6.45, 7) is 3.73. The van der Waals surface area contributed by atoms with Crippen LogP contribution in [0, 0.1) is 6.92 Å². The highest BCUT2D eigenvalue weighted by molar-refractivity contribution is 7.89. The summed E-state index contributed by atoms with van der Waals surface area (Å²) >= 11 is 0. The quantitative estimate of drug-likeness (QED) is 0.769. The van der Waals surface area contributed by atoms with Crippen LogP contribution in [0.4, 0.5) is 0 Å². The van der Waals surface area contributed by atoms with Crippen LogP contribution in [0.1, 0.15) is 12.0 Å². The van der Waals surface area contributed by atoms with Gasteiger partial charge in [-0.15, -0.1) is 0 Å². The smallest absolute Gasteiger partial charge is 0.241 e. The maximum atomic E-state index is 12.5. The Morgan fingerprint density at radius 3 is 2.50 bits per heavy atom. The van der Waals surface area contributed by atoms with Crippen molar-refractivity contribution >= 4 is 10.0 Å². The molecular formula is C15H22N2O4S. The molecule has 1 aromatic rings. The van der Waals surface area contributed by atoms with Gasteiger partial charge in [0.2, 0.25) is 10.0 Å². The van der Waals surface area contributed by atoms with Gasteiger partial charge in [-0.05, 0) is 31.5 Å². The minimum absolute atomic E-state index is 0.208. The predicted octanol–water partition coefficient (Wildman–Crippen LogP) is 1.21. The fraction of sp³-hybridized carbons (Fsp3) is 0.467. The number of benzene rings is 1. The summed E-state index contributed by atoms with van der Waals surface area (Å²) in [6.07, 6.45) is 2.88. The van der Waals surface area contributed by atoms with E-state index in [1.54, 1.807) is 13.0 Å². The first kappa shape index (κ1) is 16.8. The van der Waals surface area contributed by atoms with E-state index in [2.05, 4.69) is 10.0 Å². The first-order valence-electron chi connectivity index (χ1n) is 7.09. The predicted molar refractivity (Wildman–Crippen MR) is 85.0 cm³/mol. The second-order valence-electron chi connectivity index (χ2n) is 5.11. The monoisotopic (exact) mass is 326 g/mol. The average molecular weight is 326 g/mol. The molecule has 0 radical (unpaired) electrons. The number of aryl methyl sites for hydroxylation is 1. The van der Waals surface area contributed by atoms with E-state index >= 15 is 0 Å². The standard InChI is InChI=1S/C15H22N2O4S/c1-11-8-13(20-2)14(21-3)9-15(11)22(18,19)17-10-12-4-6-16-7-5-12/h4,8-9,16-17H,5-7,10H2,1-3H3. The van der Waals surface area contributed by atoms with E-state index in [9.17, 15) is 8.42 Å². The van der Waals surface area contributed by atoms with Crippen LogP contribution in [0.15, 0.2) is 28.7 Å². The zero-order chi connectivity index (χ0) is 16.2. The van der Waals surface area contributed by atoms with Crippen molar-refractivity contribution in [3.63, 3.8) is 0 Å². The third-order valence-corrected chi connectivity index (χ3v) is 5.16. The Hall–Kier alpha value is -1.57. The molecule has 0 spiro atoms. The molecule has 0 fully saturated rings. The first-order chi connectivity index (χ1) is 10.5. The minimum atomic E-state index is -3.59. The van der Waals surface area contributed by atoms with Gasteiger partial charge in [0.25, 0.3) is 0 Å². The van der Waals surface area contributed by atoms with Gasteiger partial charge in [0.1, 0.15) is 0 Å². The Balaban J connectivity index is 2.23. The molecule has 0 atom stereocenters. The second-order valence-corrected chi connectivity index (χ2v) is 6.85. The van der Waals surface area contributed by atoms with Crippen LogP contribution in [0.2, 0.25) is 0 Å². The summed E-state index contributed by atoms with van der Waals surface area (Å²) in [6, 6.07) is 3.16. The number of nitrogens with one attached hydrogen (secondary N) is 2. The van der Waals surface area contributed by atoms with Gasteiger partial charge in [-0.1, -0.05) is 11.6 Å². The molecule has 22 heavy (non-hydrogen) atoms. The molecule has 0 aromatic heterocycles. The largest absolute Gasteiger partial charge is 0.493 e. The fourth-order valence-electron chi connectivity index (χ4n) is 2.35. The number of rotatable bonds is 6. The van der Waals surface area contributed by atoms with Crippen molar-refractivity contribution in [1.82, 2.24) is 10.0 Å². The summed E-state index contributed by atoms with van der Waals surface area (Å²) < 4.78 is 38.0. The summed E-state index contributed by atoms with van der Waals surface area (Å²) in [4.78, 5) is 0.208. The zero-order valence-electron chi connectivity index (χ0n) is 13.1. The molecule has 1 aliphatic rings. The van der Waals surface area contributed by atoms with Crippen LogP contribution in [0.25, 0.3) is 0 Å². The van der Waals surface area contributed by atoms with Gasteiger partial charge in [-0.25, -0.2) is 13.1 Å². The number of hydrogen-bond donors (Lipinski definition) is 2. The maximum absolute atomic E-state index is 12.5. The lowest BCUT2D eigenvalue weighted by Crippen LogP contribution is -2.30. The van der Waals surface area contributed by atoms with Crippen molar-refractivity contribution in [2.24, 2.45) is 0 Å². The van der Waals surface area contributed by atoms with Crippen LogP contribution in [-0.2, 0) is 10.0 Å². The number of methoxy groups -OCH3 is 2. The van der Waals surface area contributed by atoms with E-state index in [4.69, 9.17) is 9.47 Å². The molecule has 0 saturated heterocycles. The Labute approximate surface area is 131 Å². The molecule has 1 aliphatic heterocycles. The van der Waals surface area contributed by atoms with Gasteiger partial charge < -0.3 is 14.8 Å². The maximum Gasteiger partial charge on any atom is 0.241 e. The summed E-state index contributed by atoms with van der Waals surface area (Å²) in [5, 5.41) is 3.20. The van der Waals surface area contributed by atoms with Crippen LogP contribution in [-0.4, -0.2) is 42.3 Å². The molecular weight excluding hydrogens is 304 g/mol. The van der Waals surface area contributed by atoms with E-state index in [1.807, 2.05) is 6.08 Å². The highest BCUT2D eigenvalue weighted by Gasteiger charge is 2.20. The fourth-order valence-corrected chi connectivity index (χ4v) is 3.62. The molecule has 2 N–H and O–H groups in total. The lowest BCUT2D eigenvalue weighted by Gasteiger charge is -2.16. The first-order valence-corrected chi connectivity index (χ1v) is 8.57. The number of hydrogen-bond acceptors (Lipinski definition) is 5. The van der Waals surface area contributed by atoms with Crippen molar-refractivity contribution in [3.05, 3.63) is 29.3 Å².